The van der Waals surface area contributed by atoms with Crippen molar-refractivity contribution in [2.24, 2.45) is 0 Å². The Morgan fingerprint density at radius 1 is 1.21 bits per heavy atom. The molecule has 0 bridgehead atoms. The summed E-state index contributed by atoms with van der Waals surface area (Å²) in [5.74, 6) is 0.121. The van der Waals surface area contributed by atoms with E-state index < -0.39 is 4.92 Å². The van der Waals surface area contributed by atoms with Gasteiger partial charge in [0.2, 0.25) is 0 Å². The van der Waals surface area contributed by atoms with Crippen LogP contribution in [0.1, 0.15) is 12.5 Å². The number of nitrogens with zero attached hydrogens (tertiary/aromatic N) is 4. The van der Waals surface area contributed by atoms with Gasteiger partial charge in [0.25, 0.3) is 0 Å². The Kier molecular flexibility index (Phi) is 7.42. The zero-order chi connectivity index (χ0) is 26.6. The molecule has 2 heterocycles. The highest BCUT2D eigenvalue weighted by Crippen LogP contribution is 2.40. The molecule has 0 aliphatic rings. The fourth-order valence-corrected chi connectivity index (χ4v) is 5.87. The standard InChI is InChI=1S/C27H18ClN5O3S2/c1-2-36-24-12-21-19(11-23(24)33(34)35)26(17(13-29)14-30-21)31-18-8-9-25(20(28)10-18)38-27-32-22(15-37-27)16-6-4-3-5-7-16/h3-12,14-15H,2H2,1H3,(H,30,31). The predicted molar refractivity (Wildman–Crippen MR) is 151 cm³/mol. The Labute approximate surface area is 231 Å². The van der Waals surface area contributed by atoms with Crippen LogP contribution in [0, 0.1) is 21.4 Å². The number of hydrogen-bond donors (Lipinski definition) is 1. The molecule has 0 saturated carbocycles. The molecule has 8 nitrogen and oxygen atoms in total. The van der Waals surface area contributed by atoms with Crippen molar-refractivity contribution in [1.82, 2.24) is 9.97 Å². The molecule has 5 aromatic rings. The summed E-state index contributed by atoms with van der Waals surface area (Å²) in [5.41, 5.74) is 3.45. The van der Waals surface area contributed by atoms with Crippen molar-refractivity contribution in [3.8, 4) is 23.1 Å². The van der Waals surface area contributed by atoms with Crippen LogP contribution in [0.15, 0.2) is 81.5 Å². The van der Waals surface area contributed by atoms with Gasteiger partial charge in [-0.15, -0.1) is 11.3 Å². The zero-order valence-corrected chi connectivity index (χ0v) is 22.2. The average molecular weight is 560 g/mol. The highest BCUT2D eigenvalue weighted by atomic mass is 35.5. The molecule has 38 heavy (non-hydrogen) atoms. The third-order valence-corrected chi connectivity index (χ3v) is 7.96. The Hall–Kier alpha value is -4.17. The fraction of sp³-hybridized carbons (Fsp3) is 0.0741. The van der Waals surface area contributed by atoms with Crippen molar-refractivity contribution in [3.63, 3.8) is 0 Å². The van der Waals surface area contributed by atoms with E-state index in [0.717, 1.165) is 20.5 Å². The molecule has 188 valence electrons. The lowest BCUT2D eigenvalue weighted by Crippen LogP contribution is -2.01. The van der Waals surface area contributed by atoms with Gasteiger partial charge in [-0.05, 0) is 25.1 Å². The van der Waals surface area contributed by atoms with Crippen LogP contribution in [-0.4, -0.2) is 21.5 Å². The fourth-order valence-electron chi connectivity index (χ4n) is 3.79. The topological polar surface area (TPSA) is 114 Å². The molecule has 0 amide bonds. The molecule has 11 heteroatoms. The van der Waals surface area contributed by atoms with Gasteiger partial charge in [0.15, 0.2) is 10.1 Å². The third-order valence-electron chi connectivity index (χ3n) is 5.52. The first kappa shape index (κ1) is 25.5. The van der Waals surface area contributed by atoms with Crippen LogP contribution in [0.5, 0.6) is 5.75 Å². The molecule has 3 aromatic carbocycles. The Morgan fingerprint density at radius 3 is 2.74 bits per heavy atom. The maximum Gasteiger partial charge on any atom is 0.311 e. The highest BCUT2D eigenvalue weighted by molar-refractivity contribution is 8.01. The van der Waals surface area contributed by atoms with E-state index in [2.05, 4.69) is 16.4 Å². The summed E-state index contributed by atoms with van der Waals surface area (Å²) < 4.78 is 6.29. The molecule has 5 rings (SSSR count). The number of aromatic nitrogens is 2. The van der Waals surface area contributed by atoms with Gasteiger partial charge in [0.05, 0.1) is 39.0 Å². The first-order valence-electron chi connectivity index (χ1n) is 11.4. The molecule has 0 saturated heterocycles. The number of nitro groups is 1. The minimum atomic E-state index is -0.516. The van der Waals surface area contributed by atoms with Crippen molar-refractivity contribution in [3.05, 3.63) is 92.9 Å². The number of fused-ring (bicyclic) bond motifs is 1. The summed E-state index contributed by atoms with van der Waals surface area (Å²) in [6.07, 6.45) is 1.42. The molecular weight excluding hydrogens is 542 g/mol. The highest BCUT2D eigenvalue weighted by Gasteiger charge is 2.20. The zero-order valence-electron chi connectivity index (χ0n) is 19.8. The van der Waals surface area contributed by atoms with Crippen LogP contribution >= 0.6 is 34.7 Å². The SMILES string of the molecule is CCOc1cc2ncc(C#N)c(Nc3ccc(Sc4nc(-c5ccccc5)cs4)c(Cl)c3)c2cc1[N+](=O)[O-]. The van der Waals surface area contributed by atoms with E-state index in [0.29, 0.717) is 27.3 Å². The number of pyridine rings is 1. The number of nitrogens with one attached hydrogen (secondary N) is 1. The van der Waals surface area contributed by atoms with E-state index in [9.17, 15) is 15.4 Å². The van der Waals surface area contributed by atoms with Crippen LogP contribution in [0.4, 0.5) is 17.1 Å². The van der Waals surface area contributed by atoms with E-state index in [1.807, 2.05) is 47.8 Å². The van der Waals surface area contributed by atoms with Gasteiger partial charge in [-0.25, -0.2) is 4.98 Å². The van der Waals surface area contributed by atoms with Gasteiger partial charge < -0.3 is 10.1 Å². The van der Waals surface area contributed by atoms with Crippen LogP contribution in [0.2, 0.25) is 5.02 Å². The lowest BCUT2D eigenvalue weighted by atomic mass is 10.1. The summed E-state index contributed by atoms with van der Waals surface area (Å²) in [5, 5.41) is 27.5. The van der Waals surface area contributed by atoms with Gasteiger partial charge in [0, 0.05) is 45.2 Å². The van der Waals surface area contributed by atoms with E-state index in [4.69, 9.17) is 21.3 Å². The van der Waals surface area contributed by atoms with E-state index in [-0.39, 0.29) is 23.6 Å². The van der Waals surface area contributed by atoms with Crippen LogP contribution in [0.3, 0.4) is 0 Å². The van der Waals surface area contributed by atoms with Crippen molar-refractivity contribution in [2.75, 3.05) is 11.9 Å². The minimum absolute atomic E-state index is 0.121. The van der Waals surface area contributed by atoms with Gasteiger partial charge in [-0.2, -0.15) is 5.26 Å². The van der Waals surface area contributed by atoms with Gasteiger partial charge in [0.1, 0.15) is 6.07 Å². The smallest absolute Gasteiger partial charge is 0.311 e. The van der Waals surface area contributed by atoms with Gasteiger partial charge >= 0.3 is 5.69 Å². The largest absolute Gasteiger partial charge is 0.487 e. The number of thiazole rings is 1. The summed E-state index contributed by atoms with van der Waals surface area (Å²) in [7, 11) is 0. The minimum Gasteiger partial charge on any atom is -0.487 e. The summed E-state index contributed by atoms with van der Waals surface area (Å²) in [6, 6.07) is 20.4. The third kappa shape index (κ3) is 5.26. The number of hydrogen-bond acceptors (Lipinski definition) is 9. The first-order chi connectivity index (χ1) is 18.5. The molecular formula is C27H18ClN5O3S2. The number of nitro benzene ring substituents is 1. The second kappa shape index (κ2) is 11.1. The molecule has 0 atom stereocenters. The molecule has 2 aromatic heterocycles. The molecule has 0 aliphatic carbocycles. The van der Waals surface area contributed by atoms with Crippen molar-refractivity contribution in [2.45, 2.75) is 16.2 Å². The lowest BCUT2D eigenvalue weighted by molar-refractivity contribution is -0.385. The maximum atomic E-state index is 11.7. The number of ether oxygens (including phenoxy) is 1. The summed E-state index contributed by atoms with van der Waals surface area (Å²) in [4.78, 5) is 21.0. The average Bonchev–Trinajstić information content (AvgIpc) is 3.39. The van der Waals surface area contributed by atoms with Crippen molar-refractivity contribution in [1.29, 1.82) is 5.26 Å². The summed E-state index contributed by atoms with van der Waals surface area (Å²) in [6.45, 7) is 2.01. The van der Waals surface area contributed by atoms with Gasteiger partial charge in [-0.1, -0.05) is 53.7 Å². The summed E-state index contributed by atoms with van der Waals surface area (Å²) >= 11 is 9.62. The molecule has 0 unspecified atom stereocenters. The van der Waals surface area contributed by atoms with E-state index in [1.165, 1.54) is 41.4 Å². The number of rotatable bonds is 8. The van der Waals surface area contributed by atoms with Crippen LogP contribution in [-0.2, 0) is 0 Å². The normalized spacial score (nSPS) is 10.8. The lowest BCUT2D eigenvalue weighted by Gasteiger charge is -2.14. The first-order valence-corrected chi connectivity index (χ1v) is 13.4. The van der Waals surface area contributed by atoms with E-state index in [1.54, 1.807) is 13.0 Å². The molecule has 0 spiro atoms. The number of nitriles is 1. The number of anilines is 2. The van der Waals surface area contributed by atoms with Crippen molar-refractivity contribution < 1.29 is 9.66 Å². The predicted octanol–water partition coefficient (Wildman–Crippen LogP) is 8.09. The molecule has 0 fully saturated rings. The molecule has 1 N–H and O–H groups in total. The van der Waals surface area contributed by atoms with Crippen LogP contribution < -0.4 is 10.1 Å². The Morgan fingerprint density at radius 2 is 2.03 bits per heavy atom. The maximum absolute atomic E-state index is 11.7. The number of benzene rings is 3. The second-order valence-corrected chi connectivity index (χ2v) is 10.5. The Bertz CT molecular complexity index is 1700. The van der Waals surface area contributed by atoms with Gasteiger partial charge in [-0.3, -0.25) is 15.1 Å². The quantitative estimate of drug-likeness (QED) is 0.150. The monoisotopic (exact) mass is 559 g/mol. The number of halogens is 1. The molecule has 0 radical (unpaired) electrons. The van der Waals surface area contributed by atoms with Crippen molar-refractivity contribution >= 4 is 62.7 Å². The molecule has 0 aliphatic heterocycles. The van der Waals surface area contributed by atoms with E-state index >= 15 is 0 Å². The van der Waals surface area contributed by atoms with Crippen LogP contribution in [0.25, 0.3) is 22.2 Å². The second-order valence-electron chi connectivity index (χ2n) is 7.92. The Balaban J connectivity index is 1.45.